The second-order valence-corrected chi connectivity index (χ2v) is 8.36. The zero-order chi connectivity index (χ0) is 21.1. The van der Waals surface area contributed by atoms with Crippen molar-refractivity contribution in [3.8, 4) is 22.7 Å². The number of carbonyl (C=O) groups is 1. The smallest absolute Gasteiger partial charge is 0.263 e. The number of thioether (sulfide) groups is 1. The number of hydrogen-bond donors (Lipinski definition) is 1. The minimum Gasteiger partial charge on any atom is -0.490 e. The number of benzene rings is 2. The molecule has 2 aromatic carbocycles. The molecule has 150 valence electrons. The molecule has 0 spiro atoms. The van der Waals surface area contributed by atoms with Crippen molar-refractivity contribution in [3.63, 3.8) is 0 Å². The van der Waals surface area contributed by atoms with E-state index in [1.807, 2.05) is 72.4 Å². The molecule has 4 rings (SSSR count). The van der Waals surface area contributed by atoms with Gasteiger partial charge in [-0.1, -0.05) is 54.8 Å². The van der Waals surface area contributed by atoms with Gasteiger partial charge in [0.15, 0.2) is 0 Å². The Bertz CT molecular complexity index is 1170. The van der Waals surface area contributed by atoms with Crippen LogP contribution >= 0.6 is 24.0 Å². The van der Waals surface area contributed by atoms with Gasteiger partial charge in [-0.25, -0.2) is 4.68 Å². The first-order valence-electron chi connectivity index (χ1n) is 9.30. The van der Waals surface area contributed by atoms with E-state index in [4.69, 9.17) is 22.1 Å². The maximum absolute atomic E-state index is 12.2. The third-order valence-corrected chi connectivity index (χ3v) is 5.68. The molecule has 3 aromatic rings. The summed E-state index contributed by atoms with van der Waals surface area (Å²) in [7, 11) is 0. The Kier molecular flexibility index (Phi) is 5.83. The Balaban J connectivity index is 1.81. The minimum absolute atomic E-state index is 0.187. The van der Waals surface area contributed by atoms with Crippen molar-refractivity contribution in [1.82, 2.24) is 15.1 Å². The van der Waals surface area contributed by atoms with E-state index < -0.39 is 0 Å². The van der Waals surface area contributed by atoms with Crippen LogP contribution in [0.3, 0.4) is 0 Å². The Morgan fingerprint density at radius 2 is 2.07 bits per heavy atom. The van der Waals surface area contributed by atoms with Crippen molar-refractivity contribution in [1.29, 1.82) is 0 Å². The highest BCUT2D eigenvalue weighted by molar-refractivity contribution is 8.26. The van der Waals surface area contributed by atoms with E-state index >= 15 is 0 Å². The van der Waals surface area contributed by atoms with Crippen LogP contribution < -0.4 is 10.1 Å². The van der Waals surface area contributed by atoms with Gasteiger partial charge in [0.1, 0.15) is 22.4 Å². The van der Waals surface area contributed by atoms with Crippen LogP contribution in [0.5, 0.6) is 5.75 Å². The maximum atomic E-state index is 12.2. The second-order valence-electron chi connectivity index (χ2n) is 6.64. The molecule has 1 aliphatic rings. The van der Waals surface area contributed by atoms with Crippen LogP contribution in [0.1, 0.15) is 11.1 Å². The highest BCUT2D eigenvalue weighted by atomic mass is 32.2. The summed E-state index contributed by atoms with van der Waals surface area (Å²) in [5.41, 5.74) is 4.54. The lowest BCUT2D eigenvalue weighted by atomic mass is 10.0. The second kappa shape index (κ2) is 8.69. The van der Waals surface area contributed by atoms with Crippen molar-refractivity contribution in [2.75, 3.05) is 6.61 Å². The lowest BCUT2D eigenvalue weighted by Gasteiger charge is -2.08. The van der Waals surface area contributed by atoms with E-state index in [2.05, 4.69) is 11.9 Å². The monoisotopic (exact) mass is 433 g/mol. The lowest BCUT2D eigenvalue weighted by molar-refractivity contribution is -0.115. The Hall–Kier alpha value is -3.16. The van der Waals surface area contributed by atoms with Crippen molar-refractivity contribution in [2.45, 2.75) is 6.92 Å². The first kappa shape index (κ1) is 20.1. The number of thiocarbonyl (C=S) groups is 1. The molecule has 0 unspecified atom stereocenters. The van der Waals surface area contributed by atoms with Crippen molar-refractivity contribution in [3.05, 3.63) is 83.4 Å². The third-order valence-electron chi connectivity index (χ3n) is 4.51. The number of carbonyl (C=O) groups excluding carboxylic acids is 1. The van der Waals surface area contributed by atoms with Gasteiger partial charge in [0, 0.05) is 17.3 Å². The van der Waals surface area contributed by atoms with Gasteiger partial charge in [-0.3, -0.25) is 4.79 Å². The molecule has 1 fully saturated rings. The van der Waals surface area contributed by atoms with Crippen molar-refractivity contribution >= 4 is 40.3 Å². The maximum Gasteiger partial charge on any atom is 0.263 e. The highest BCUT2D eigenvalue weighted by Crippen LogP contribution is 2.33. The van der Waals surface area contributed by atoms with Gasteiger partial charge in [-0.2, -0.15) is 5.10 Å². The highest BCUT2D eigenvalue weighted by Gasteiger charge is 2.23. The summed E-state index contributed by atoms with van der Waals surface area (Å²) in [5.74, 6) is 0.586. The normalized spacial score (nSPS) is 14.8. The van der Waals surface area contributed by atoms with Gasteiger partial charge in [-0.15, -0.1) is 0 Å². The average Bonchev–Trinajstić information content (AvgIpc) is 3.30. The van der Waals surface area contributed by atoms with E-state index in [1.54, 1.807) is 6.08 Å². The molecule has 1 aromatic heterocycles. The molecule has 0 saturated carbocycles. The first-order chi connectivity index (χ1) is 14.5. The number of hydrogen-bond acceptors (Lipinski definition) is 5. The number of rotatable bonds is 6. The SMILES string of the molecule is C=CCOc1ccc(-c2nn(-c3ccccc3)cc2/C=C2/SC(=S)NC2=O)c(C)c1. The summed E-state index contributed by atoms with van der Waals surface area (Å²) < 4.78 is 7.92. The van der Waals surface area contributed by atoms with E-state index in [-0.39, 0.29) is 5.91 Å². The van der Waals surface area contributed by atoms with Crippen molar-refractivity contribution in [2.24, 2.45) is 0 Å². The summed E-state index contributed by atoms with van der Waals surface area (Å²) in [6.07, 6.45) is 5.47. The van der Waals surface area contributed by atoms with Crippen LogP contribution in [0.25, 0.3) is 23.0 Å². The molecule has 0 bridgehead atoms. The zero-order valence-electron chi connectivity index (χ0n) is 16.3. The van der Waals surface area contributed by atoms with Gasteiger partial charge < -0.3 is 10.1 Å². The predicted molar refractivity (Wildman–Crippen MR) is 126 cm³/mol. The molecular formula is C23H19N3O2S2. The minimum atomic E-state index is -0.187. The number of nitrogens with zero attached hydrogens (tertiary/aromatic N) is 2. The molecule has 1 amide bonds. The Labute approximate surface area is 184 Å². The summed E-state index contributed by atoms with van der Waals surface area (Å²) in [5, 5.41) is 7.49. The molecule has 0 atom stereocenters. The van der Waals surface area contributed by atoms with Gasteiger partial charge in [-0.05, 0) is 48.9 Å². The van der Waals surface area contributed by atoms with E-state index in [1.165, 1.54) is 11.8 Å². The predicted octanol–water partition coefficient (Wildman–Crippen LogP) is 4.90. The van der Waals surface area contributed by atoms with Crippen LogP contribution in [-0.2, 0) is 4.79 Å². The van der Waals surface area contributed by atoms with Crippen LogP contribution in [0, 0.1) is 6.92 Å². The topological polar surface area (TPSA) is 56.1 Å². The molecule has 1 N–H and O–H groups in total. The fourth-order valence-electron chi connectivity index (χ4n) is 3.12. The summed E-state index contributed by atoms with van der Waals surface area (Å²) in [6, 6.07) is 15.7. The molecule has 2 heterocycles. The third kappa shape index (κ3) is 4.22. The van der Waals surface area contributed by atoms with Crippen LogP contribution in [0.15, 0.2) is 72.3 Å². The van der Waals surface area contributed by atoms with Crippen LogP contribution in [0.2, 0.25) is 0 Å². The number of amides is 1. The standard InChI is InChI=1S/C23H19N3O2S2/c1-3-11-28-18-9-10-19(15(2)12-18)21-16(13-20-22(27)24-23(29)30-20)14-26(25-21)17-7-5-4-6-8-17/h3-10,12-14H,1,11H2,2H3,(H,24,27,29)/b20-13+. The van der Waals surface area contributed by atoms with Crippen LogP contribution in [-0.4, -0.2) is 26.6 Å². The number of nitrogens with one attached hydrogen (secondary N) is 1. The van der Waals surface area contributed by atoms with E-state index in [0.717, 1.165) is 33.8 Å². The van der Waals surface area contributed by atoms with Crippen LogP contribution in [0.4, 0.5) is 0 Å². The number of aromatic nitrogens is 2. The summed E-state index contributed by atoms with van der Waals surface area (Å²) >= 11 is 6.37. The summed E-state index contributed by atoms with van der Waals surface area (Å²) in [6.45, 7) is 6.14. The van der Waals surface area contributed by atoms with Gasteiger partial charge in [0.25, 0.3) is 5.91 Å². The Morgan fingerprint density at radius 3 is 2.73 bits per heavy atom. The quantitative estimate of drug-likeness (QED) is 0.340. The van der Waals surface area contributed by atoms with E-state index in [9.17, 15) is 4.79 Å². The van der Waals surface area contributed by atoms with E-state index in [0.29, 0.717) is 15.8 Å². The lowest BCUT2D eigenvalue weighted by Crippen LogP contribution is -2.17. The molecule has 5 nitrogen and oxygen atoms in total. The zero-order valence-corrected chi connectivity index (χ0v) is 17.9. The molecule has 0 radical (unpaired) electrons. The average molecular weight is 434 g/mol. The largest absolute Gasteiger partial charge is 0.490 e. The summed E-state index contributed by atoms with van der Waals surface area (Å²) in [4.78, 5) is 12.7. The molecule has 1 aliphatic heterocycles. The molecule has 7 heteroatoms. The fourth-order valence-corrected chi connectivity index (χ4v) is 4.16. The Morgan fingerprint density at radius 1 is 1.27 bits per heavy atom. The van der Waals surface area contributed by atoms with Gasteiger partial charge in [0.05, 0.1) is 10.6 Å². The first-order valence-corrected chi connectivity index (χ1v) is 10.5. The molecule has 30 heavy (non-hydrogen) atoms. The number of ether oxygens (including phenoxy) is 1. The van der Waals surface area contributed by atoms with Crippen molar-refractivity contribution < 1.29 is 9.53 Å². The molecule has 1 saturated heterocycles. The number of para-hydroxylation sites is 1. The van der Waals surface area contributed by atoms with Gasteiger partial charge >= 0.3 is 0 Å². The molecule has 0 aliphatic carbocycles. The number of aryl methyl sites for hydroxylation is 1. The fraction of sp³-hybridized carbons (Fsp3) is 0.0870. The van der Waals surface area contributed by atoms with Gasteiger partial charge in [0.2, 0.25) is 0 Å². The molecular weight excluding hydrogens is 414 g/mol.